The maximum atomic E-state index is 12.8. The van der Waals surface area contributed by atoms with Crippen molar-refractivity contribution in [1.82, 2.24) is 24.6 Å². The summed E-state index contributed by atoms with van der Waals surface area (Å²) in [6.07, 6.45) is -0.398. The van der Waals surface area contributed by atoms with Gasteiger partial charge in [0.25, 0.3) is 11.8 Å². The van der Waals surface area contributed by atoms with Crippen LogP contribution in [0, 0.1) is 0 Å². The quantitative estimate of drug-likeness (QED) is 0.453. The predicted octanol–water partition coefficient (Wildman–Crippen LogP) is 3.61. The minimum atomic E-state index is -4.81. The summed E-state index contributed by atoms with van der Waals surface area (Å²) in [7, 11) is 1.38. The highest BCUT2D eigenvalue weighted by molar-refractivity contribution is 6.27. The number of carbonyl (C=O) groups excluding carboxylic acids is 2. The summed E-state index contributed by atoms with van der Waals surface area (Å²) < 4.78 is 42.7. The van der Waals surface area contributed by atoms with E-state index in [4.69, 9.17) is 0 Å². The van der Waals surface area contributed by atoms with E-state index in [0.29, 0.717) is 22.3 Å². The molecule has 0 bridgehead atoms. The van der Waals surface area contributed by atoms with Gasteiger partial charge in [-0.05, 0) is 36.4 Å². The Balaban J connectivity index is 1.74. The molecule has 0 N–H and O–H groups in total. The number of hydrogen-bond donors (Lipinski definition) is 0. The molecule has 0 atom stereocenters. The van der Waals surface area contributed by atoms with E-state index in [1.54, 1.807) is 24.5 Å². The molecule has 0 spiro atoms. The number of fused-ring (bicyclic) bond motifs is 3. The molecule has 5 rings (SSSR count). The summed E-state index contributed by atoms with van der Waals surface area (Å²) in [6, 6.07) is 8.46. The van der Waals surface area contributed by atoms with Gasteiger partial charge in [-0.15, -0.1) is 13.2 Å². The molecule has 1 aliphatic rings. The van der Waals surface area contributed by atoms with Gasteiger partial charge in [0.2, 0.25) is 0 Å². The number of alkyl halides is 3. The van der Waals surface area contributed by atoms with E-state index in [1.807, 2.05) is 0 Å². The summed E-state index contributed by atoms with van der Waals surface area (Å²) in [6.45, 7) is 0. The fourth-order valence-electron chi connectivity index (χ4n) is 3.59. The molecule has 0 fully saturated rings. The standard InChI is InChI=1S/C21H12F3N5O3/c1-28-19(30)14-10-26-18-16(15(14)20(28)31)17(11-6-8-25-9-7-11)27-29(18)12-2-4-13(5-3-12)32-21(22,23)24/h2-10H,1H3. The first kappa shape index (κ1) is 19.7. The molecule has 0 unspecified atom stereocenters. The van der Waals surface area contributed by atoms with Crippen LogP contribution in [0.25, 0.3) is 28.0 Å². The van der Waals surface area contributed by atoms with Crippen LogP contribution in [-0.4, -0.2) is 49.9 Å². The molecule has 32 heavy (non-hydrogen) atoms. The number of aromatic nitrogens is 4. The highest BCUT2D eigenvalue weighted by atomic mass is 19.4. The van der Waals surface area contributed by atoms with Crippen LogP contribution in [0.2, 0.25) is 0 Å². The summed E-state index contributed by atoms with van der Waals surface area (Å²) >= 11 is 0. The Morgan fingerprint density at radius 1 is 0.969 bits per heavy atom. The fraction of sp³-hybridized carbons (Fsp3) is 0.0952. The van der Waals surface area contributed by atoms with Gasteiger partial charge in [-0.3, -0.25) is 19.5 Å². The predicted molar refractivity (Wildman–Crippen MR) is 105 cm³/mol. The summed E-state index contributed by atoms with van der Waals surface area (Å²) in [5.74, 6) is -1.34. The van der Waals surface area contributed by atoms with Gasteiger partial charge in [0, 0.05) is 31.2 Å². The van der Waals surface area contributed by atoms with E-state index in [1.165, 1.54) is 30.1 Å². The third-order valence-electron chi connectivity index (χ3n) is 5.02. The molecule has 160 valence electrons. The highest BCUT2D eigenvalue weighted by Crippen LogP contribution is 2.36. The van der Waals surface area contributed by atoms with Crippen molar-refractivity contribution in [2.24, 2.45) is 0 Å². The van der Waals surface area contributed by atoms with Crippen LogP contribution >= 0.6 is 0 Å². The highest BCUT2D eigenvalue weighted by Gasteiger charge is 2.37. The molecule has 1 aromatic carbocycles. The first-order chi connectivity index (χ1) is 15.2. The monoisotopic (exact) mass is 439 g/mol. The minimum Gasteiger partial charge on any atom is -0.406 e. The van der Waals surface area contributed by atoms with E-state index >= 15 is 0 Å². The zero-order chi connectivity index (χ0) is 22.6. The number of benzene rings is 1. The molecule has 8 nitrogen and oxygen atoms in total. The van der Waals surface area contributed by atoms with Crippen molar-refractivity contribution >= 4 is 22.8 Å². The van der Waals surface area contributed by atoms with E-state index in [2.05, 4.69) is 19.8 Å². The lowest BCUT2D eigenvalue weighted by atomic mass is 10.0. The van der Waals surface area contributed by atoms with Crippen LogP contribution in [-0.2, 0) is 0 Å². The third-order valence-corrected chi connectivity index (χ3v) is 5.02. The van der Waals surface area contributed by atoms with Crippen LogP contribution in [0.3, 0.4) is 0 Å². The molecule has 4 aromatic rings. The van der Waals surface area contributed by atoms with Crippen molar-refractivity contribution in [3.8, 4) is 22.7 Å². The first-order valence-electron chi connectivity index (χ1n) is 9.25. The second kappa shape index (κ2) is 6.87. The molecular formula is C21H12F3N5O3. The van der Waals surface area contributed by atoms with Gasteiger partial charge in [-0.1, -0.05) is 0 Å². The Bertz CT molecular complexity index is 1380. The summed E-state index contributed by atoms with van der Waals surface area (Å²) in [5, 5.41) is 4.95. The Labute approximate surface area is 177 Å². The van der Waals surface area contributed by atoms with Crippen LogP contribution in [0.15, 0.2) is 55.0 Å². The van der Waals surface area contributed by atoms with Crippen molar-refractivity contribution in [2.45, 2.75) is 6.36 Å². The molecule has 0 saturated heterocycles. The number of hydrogen-bond acceptors (Lipinski definition) is 6. The maximum Gasteiger partial charge on any atom is 0.573 e. The van der Waals surface area contributed by atoms with E-state index < -0.39 is 18.2 Å². The van der Waals surface area contributed by atoms with Crippen molar-refractivity contribution in [1.29, 1.82) is 0 Å². The van der Waals surface area contributed by atoms with Crippen LogP contribution in [0.4, 0.5) is 13.2 Å². The number of pyridine rings is 2. The topological polar surface area (TPSA) is 90.2 Å². The van der Waals surface area contributed by atoms with Gasteiger partial charge >= 0.3 is 6.36 Å². The molecule has 11 heteroatoms. The SMILES string of the molecule is CN1C(=O)c2cnc3c(c(-c4ccncc4)nn3-c3ccc(OC(F)(F)F)cc3)c2C1=O. The van der Waals surface area contributed by atoms with Crippen molar-refractivity contribution in [2.75, 3.05) is 7.05 Å². The van der Waals surface area contributed by atoms with E-state index in [0.717, 1.165) is 17.0 Å². The lowest BCUT2D eigenvalue weighted by molar-refractivity contribution is -0.274. The van der Waals surface area contributed by atoms with Crippen molar-refractivity contribution in [3.63, 3.8) is 0 Å². The van der Waals surface area contributed by atoms with Gasteiger partial charge in [0.05, 0.1) is 22.2 Å². The average molecular weight is 439 g/mol. The van der Waals surface area contributed by atoms with E-state index in [-0.39, 0.29) is 22.5 Å². The molecule has 0 saturated carbocycles. The van der Waals surface area contributed by atoms with Gasteiger partial charge in [0.1, 0.15) is 11.4 Å². The van der Waals surface area contributed by atoms with Gasteiger partial charge < -0.3 is 4.74 Å². The molecule has 0 radical (unpaired) electrons. The van der Waals surface area contributed by atoms with Crippen LogP contribution < -0.4 is 4.74 Å². The number of carbonyl (C=O) groups is 2. The van der Waals surface area contributed by atoms with Crippen LogP contribution in [0.5, 0.6) is 5.75 Å². The Morgan fingerprint density at radius 2 is 1.66 bits per heavy atom. The average Bonchev–Trinajstić information content (AvgIpc) is 3.26. The zero-order valence-electron chi connectivity index (χ0n) is 16.3. The van der Waals surface area contributed by atoms with Crippen LogP contribution in [0.1, 0.15) is 20.7 Å². The maximum absolute atomic E-state index is 12.8. The first-order valence-corrected chi connectivity index (χ1v) is 9.25. The minimum absolute atomic E-state index is 0.161. The Morgan fingerprint density at radius 3 is 2.31 bits per heavy atom. The second-order valence-corrected chi connectivity index (χ2v) is 6.95. The number of nitrogens with zero attached hydrogens (tertiary/aromatic N) is 5. The smallest absolute Gasteiger partial charge is 0.406 e. The van der Waals surface area contributed by atoms with Gasteiger partial charge in [-0.25, -0.2) is 9.67 Å². The van der Waals surface area contributed by atoms with Gasteiger partial charge in [-0.2, -0.15) is 5.10 Å². The number of amides is 2. The third kappa shape index (κ3) is 3.06. The Kier molecular flexibility index (Phi) is 4.22. The van der Waals surface area contributed by atoms with Crippen molar-refractivity contribution in [3.05, 3.63) is 66.1 Å². The normalized spacial score (nSPS) is 13.7. The lowest BCUT2D eigenvalue weighted by Crippen LogP contribution is -2.24. The largest absolute Gasteiger partial charge is 0.573 e. The number of ether oxygens (including phenoxy) is 1. The summed E-state index contributed by atoms with van der Waals surface area (Å²) in [4.78, 5) is 34.6. The number of rotatable bonds is 3. The van der Waals surface area contributed by atoms with Crippen molar-refractivity contribution < 1.29 is 27.5 Å². The summed E-state index contributed by atoms with van der Waals surface area (Å²) in [5.41, 5.74) is 2.02. The molecule has 3 aromatic heterocycles. The Hall–Kier alpha value is -4.28. The molecular weight excluding hydrogens is 427 g/mol. The number of halogens is 3. The molecule has 1 aliphatic heterocycles. The number of imide groups is 1. The molecule has 0 aliphatic carbocycles. The lowest BCUT2D eigenvalue weighted by Gasteiger charge is -2.09. The molecule has 4 heterocycles. The zero-order valence-corrected chi connectivity index (χ0v) is 16.3. The molecule has 2 amide bonds. The van der Waals surface area contributed by atoms with Gasteiger partial charge in [0.15, 0.2) is 5.65 Å². The fourth-order valence-corrected chi connectivity index (χ4v) is 3.59. The van der Waals surface area contributed by atoms with E-state index in [9.17, 15) is 22.8 Å². The second-order valence-electron chi connectivity index (χ2n) is 6.95.